The topological polar surface area (TPSA) is 70.0 Å². The van der Waals surface area contributed by atoms with Crippen molar-refractivity contribution >= 4 is 27.5 Å². The number of halogens is 1. The van der Waals surface area contributed by atoms with Gasteiger partial charge in [-0.05, 0) is 79.9 Å². The number of anilines is 1. The number of hydrogen-bond donors (Lipinski definition) is 2. The molecule has 0 aromatic heterocycles. The first-order valence-electron chi connectivity index (χ1n) is 14.7. The quantitative estimate of drug-likeness (QED) is 0.292. The minimum absolute atomic E-state index is 0.0349. The molecule has 210 valence electrons. The number of ether oxygens (including phenoxy) is 1. The zero-order chi connectivity index (χ0) is 27.2. The van der Waals surface area contributed by atoms with Crippen molar-refractivity contribution in [2.24, 2.45) is 29.6 Å². The molecule has 0 radical (unpaired) electrons. The largest absolute Gasteiger partial charge is 0.392 e. The van der Waals surface area contributed by atoms with E-state index in [9.17, 15) is 15.0 Å². The summed E-state index contributed by atoms with van der Waals surface area (Å²) in [6.07, 6.45) is 9.88. The van der Waals surface area contributed by atoms with E-state index in [1.807, 2.05) is 60.7 Å². The Morgan fingerprint density at radius 3 is 2.44 bits per heavy atom. The molecule has 3 aliphatic carbocycles. The maximum atomic E-state index is 13.2. The van der Waals surface area contributed by atoms with Gasteiger partial charge in [-0.15, -0.1) is 0 Å². The zero-order valence-electron chi connectivity index (χ0n) is 22.7. The number of fused-ring (bicyclic) bond motifs is 1. The summed E-state index contributed by atoms with van der Waals surface area (Å²) in [5.74, 6) is 1.93. The summed E-state index contributed by atoms with van der Waals surface area (Å²) in [7, 11) is 0. The second kappa shape index (κ2) is 13.6. The second-order valence-corrected chi connectivity index (χ2v) is 12.7. The molecule has 6 heteroatoms. The first kappa shape index (κ1) is 28.5. The summed E-state index contributed by atoms with van der Waals surface area (Å²) in [5.41, 5.74) is 1.96. The van der Waals surface area contributed by atoms with Crippen LogP contribution in [0.5, 0.6) is 0 Å². The Morgan fingerprint density at radius 2 is 1.72 bits per heavy atom. The highest BCUT2D eigenvalue weighted by Crippen LogP contribution is 2.52. The van der Waals surface area contributed by atoms with Gasteiger partial charge in [0.1, 0.15) is 6.61 Å². The Kier molecular flexibility index (Phi) is 9.94. The van der Waals surface area contributed by atoms with Crippen molar-refractivity contribution in [3.63, 3.8) is 0 Å². The van der Waals surface area contributed by atoms with Crippen LogP contribution in [0.4, 0.5) is 5.69 Å². The highest BCUT2D eigenvalue weighted by molar-refractivity contribution is 9.11. The third kappa shape index (κ3) is 7.21. The minimum Gasteiger partial charge on any atom is -0.392 e. The smallest absolute Gasteiger partial charge is 0.253 e. The summed E-state index contributed by atoms with van der Waals surface area (Å²) in [5, 5.41) is 21.6. The Balaban J connectivity index is 1.11. The monoisotopic (exact) mass is 595 g/mol. The highest BCUT2D eigenvalue weighted by atomic mass is 79.9. The fourth-order valence-corrected chi connectivity index (χ4v) is 7.89. The lowest BCUT2D eigenvalue weighted by Gasteiger charge is -2.23. The fraction of sp³-hybridized carbons (Fsp3) is 0.545. The number of aliphatic hydroxyl groups excluding tert-OH is 2. The van der Waals surface area contributed by atoms with E-state index in [0.717, 1.165) is 54.3 Å². The number of carbonyl (C=O) groups is 1. The SMILES string of the molecule is O=C(COCCC1C[C@H]2C[C@H](O)[C@@H](C=C(Br)C(O)C3CCCC3)[C@@H]2C1)N(Cc1ccccc1)c1ccccc1. The molecular weight excluding hydrogens is 554 g/mol. The van der Waals surface area contributed by atoms with Gasteiger partial charge in [0.05, 0.1) is 18.8 Å². The molecule has 0 spiro atoms. The zero-order valence-corrected chi connectivity index (χ0v) is 24.3. The summed E-state index contributed by atoms with van der Waals surface area (Å²) in [6, 6.07) is 19.8. The summed E-state index contributed by atoms with van der Waals surface area (Å²) < 4.78 is 6.79. The number of aliphatic hydroxyl groups is 2. The molecule has 6 atom stereocenters. The average Bonchev–Trinajstić information content (AvgIpc) is 3.69. The summed E-state index contributed by atoms with van der Waals surface area (Å²) in [6.45, 7) is 1.15. The lowest BCUT2D eigenvalue weighted by molar-refractivity contribution is -0.123. The molecule has 2 N–H and O–H groups in total. The van der Waals surface area contributed by atoms with Gasteiger partial charge in [0.25, 0.3) is 5.91 Å². The standard InChI is InChI=1S/C33H42BrNO4/c34-30(33(38)25-11-7-8-12-25)20-29-28-18-24(17-26(28)19-31(29)36)15-16-39-22-32(37)35(27-13-5-2-6-14-27)21-23-9-3-1-4-10-23/h1-6,9-10,13-14,20,24-26,28-29,31,33,36,38H,7-8,11-12,15-19,21-22H2/t24?,26-,28+,29-,31-,33?/m0/s1. The molecule has 39 heavy (non-hydrogen) atoms. The number of amides is 1. The van der Waals surface area contributed by atoms with Gasteiger partial charge < -0.3 is 19.8 Å². The third-order valence-corrected chi connectivity index (χ3v) is 9.99. The van der Waals surface area contributed by atoms with Gasteiger partial charge >= 0.3 is 0 Å². The maximum Gasteiger partial charge on any atom is 0.253 e. The van der Waals surface area contributed by atoms with Crippen LogP contribution in [-0.2, 0) is 16.1 Å². The van der Waals surface area contributed by atoms with Crippen molar-refractivity contribution in [1.82, 2.24) is 0 Å². The van der Waals surface area contributed by atoms with Crippen molar-refractivity contribution in [3.8, 4) is 0 Å². The Morgan fingerprint density at radius 1 is 1.03 bits per heavy atom. The molecule has 3 aliphatic rings. The molecule has 0 saturated heterocycles. The predicted molar refractivity (Wildman–Crippen MR) is 158 cm³/mol. The van der Waals surface area contributed by atoms with Crippen molar-refractivity contribution < 1.29 is 19.7 Å². The van der Waals surface area contributed by atoms with Crippen LogP contribution >= 0.6 is 15.9 Å². The van der Waals surface area contributed by atoms with E-state index in [4.69, 9.17) is 4.74 Å². The maximum absolute atomic E-state index is 13.2. The molecule has 5 rings (SSSR count). The van der Waals surface area contributed by atoms with Crippen LogP contribution in [-0.4, -0.2) is 41.5 Å². The molecular formula is C33H42BrNO4. The molecule has 5 nitrogen and oxygen atoms in total. The van der Waals surface area contributed by atoms with Crippen LogP contribution in [0.2, 0.25) is 0 Å². The van der Waals surface area contributed by atoms with Crippen LogP contribution in [0, 0.1) is 29.6 Å². The van der Waals surface area contributed by atoms with E-state index < -0.39 is 6.10 Å². The molecule has 3 saturated carbocycles. The Hall–Kier alpha value is -1.99. The van der Waals surface area contributed by atoms with Crippen molar-refractivity contribution in [2.45, 2.75) is 70.1 Å². The van der Waals surface area contributed by atoms with E-state index in [1.165, 1.54) is 12.8 Å². The molecule has 1 amide bonds. The lowest BCUT2D eigenvalue weighted by Crippen LogP contribution is -2.33. The highest BCUT2D eigenvalue weighted by Gasteiger charge is 2.47. The Bertz CT molecular complexity index is 1090. The minimum atomic E-state index is -0.445. The van der Waals surface area contributed by atoms with E-state index in [1.54, 1.807) is 4.90 Å². The predicted octanol–water partition coefficient (Wildman–Crippen LogP) is 6.48. The number of para-hydroxylation sites is 1. The molecule has 0 heterocycles. The van der Waals surface area contributed by atoms with E-state index in [0.29, 0.717) is 36.8 Å². The van der Waals surface area contributed by atoms with Gasteiger partial charge in [-0.3, -0.25) is 4.79 Å². The normalized spacial score (nSPS) is 28.0. The third-order valence-electron chi connectivity index (χ3n) is 9.26. The number of carbonyl (C=O) groups excluding carboxylic acids is 1. The van der Waals surface area contributed by atoms with Gasteiger partial charge in [-0.25, -0.2) is 0 Å². The summed E-state index contributed by atoms with van der Waals surface area (Å²) in [4.78, 5) is 15.0. The second-order valence-electron chi connectivity index (χ2n) is 11.8. The van der Waals surface area contributed by atoms with E-state index in [-0.39, 0.29) is 24.5 Å². The van der Waals surface area contributed by atoms with E-state index >= 15 is 0 Å². The van der Waals surface area contributed by atoms with Gasteiger partial charge in [0.15, 0.2) is 0 Å². The summed E-state index contributed by atoms with van der Waals surface area (Å²) >= 11 is 3.66. The van der Waals surface area contributed by atoms with Crippen LogP contribution in [0.1, 0.15) is 56.9 Å². The van der Waals surface area contributed by atoms with Crippen molar-refractivity contribution in [2.75, 3.05) is 18.1 Å². The average molecular weight is 597 g/mol. The molecule has 0 aliphatic heterocycles. The fourth-order valence-electron chi connectivity index (χ4n) is 7.21. The first-order chi connectivity index (χ1) is 19.0. The number of hydrogen-bond acceptors (Lipinski definition) is 4. The van der Waals surface area contributed by atoms with Crippen LogP contribution < -0.4 is 4.90 Å². The van der Waals surface area contributed by atoms with Crippen LogP contribution in [0.3, 0.4) is 0 Å². The van der Waals surface area contributed by atoms with Crippen molar-refractivity contribution in [1.29, 1.82) is 0 Å². The number of benzene rings is 2. The van der Waals surface area contributed by atoms with Gasteiger partial charge in [0.2, 0.25) is 0 Å². The van der Waals surface area contributed by atoms with Crippen LogP contribution in [0.25, 0.3) is 0 Å². The molecule has 2 aromatic carbocycles. The number of rotatable bonds is 11. The Labute approximate surface area is 241 Å². The lowest BCUT2D eigenvalue weighted by atomic mass is 9.88. The molecule has 2 aromatic rings. The van der Waals surface area contributed by atoms with Crippen LogP contribution in [0.15, 0.2) is 71.2 Å². The molecule has 0 bridgehead atoms. The van der Waals surface area contributed by atoms with Gasteiger partial charge in [-0.2, -0.15) is 0 Å². The van der Waals surface area contributed by atoms with Gasteiger partial charge in [0, 0.05) is 22.7 Å². The first-order valence-corrected chi connectivity index (χ1v) is 15.5. The van der Waals surface area contributed by atoms with Gasteiger partial charge in [-0.1, -0.05) is 83.4 Å². The molecule has 2 unspecified atom stereocenters. The molecule has 3 fully saturated rings. The van der Waals surface area contributed by atoms with Crippen molar-refractivity contribution in [3.05, 3.63) is 76.8 Å². The van der Waals surface area contributed by atoms with E-state index in [2.05, 4.69) is 22.0 Å². The number of nitrogens with zero attached hydrogens (tertiary/aromatic N) is 1.